The summed E-state index contributed by atoms with van der Waals surface area (Å²) in [4.78, 5) is 27.1. The number of methoxy groups -OCH3 is 1. The van der Waals surface area contributed by atoms with Gasteiger partial charge in [-0.3, -0.25) is 9.59 Å². The Balaban J connectivity index is 1.93. The van der Waals surface area contributed by atoms with E-state index in [-0.39, 0.29) is 11.8 Å². The minimum Gasteiger partial charge on any atom is -0.383 e. The first kappa shape index (κ1) is 17.4. The zero-order chi connectivity index (χ0) is 17.4. The van der Waals surface area contributed by atoms with Crippen molar-refractivity contribution in [2.24, 2.45) is 0 Å². The second-order valence-corrected chi connectivity index (χ2v) is 5.06. The van der Waals surface area contributed by atoms with E-state index in [0.29, 0.717) is 24.5 Å². The molecule has 0 aliphatic carbocycles. The molecule has 0 aliphatic rings. The molecule has 0 radical (unpaired) electrons. The maximum atomic E-state index is 11.9. The van der Waals surface area contributed by atoms with Crippen LogP contribution in [0.25, 0.3) is 0 Å². The normalized spacial score (nSPS) is 10.1. The lowest BCUT2D eigenvalue weighted by atomic mass is 10.2. The molecule has 7 heteroatoms. The number of hydrogen-bond acceptors (Lipinski definition) is 5. The molecule has 0 fully saturated rings. The van der Waals surface area contributed by atoms with E-state index in [1.807, 2.05) is 12.1 Å². The van der Waals surface area contributed by atoms with E-state index in [1.165, 1.54) is 13.1 Å². The second-order valence-electron chi connectivity index (χ2n) is 5.06. The number of pyridine rings is 1. The molecule has 2 rings (SSSR count). The largest absolute Gasteiger partial charge is 0.383 e. The van der Waals surface area contributed by atoms with Gasteiger partial charge >= 0.3 is 0 Å². The fraction of sp³-hybridized carbons (Fsp3) is 0.235. The molecular weight excluding hydrogens is 308 g/mol. The molecule has 1 aromatic carbocycles. The lowest BCUT2D eigenvalue weighted by Gasteiger charge is -2.08. The van der Waals surface area contributed by atoms with Crippen LogP contribution in [0.2, 0.25) is 0 Å². The lowest BCUT2D eigenvalue weighted by Crippen LogP contribution is -2.26. The van der Waals surface area contributed by atoms with Gasteiger partial charge in [-0.1, -0.05) is 0 Å². The van der Waals surface area contributed by atoms with Crippen molar-refractivity contribution in [3.05, 3.63) is 48.2 Å². The van der Waals surface area contributed by atoms with Crippen LogP contribution in [0.4, 0.5) is 17.2 Å². The number of rotatable bonds is 7. The van der Waals surface area contributed by atoms with E-state index >= 15 is 0 Å². The highest BCUT2D eigenvalue weighted by molar-refractivity contribution is 5.94. The number of amides is 2. The fourth-order valence-electron chi connectivity index (χ4n) is 1.96. The molecule has 3 N–H and O–H groups in total. The van der Waals surface area contributed by atoms with Gasteiger partial charge in [0.2, 0.25) is 5.91 Å². The molecule has 0 bridgehead atoms. The molecule has 2 amide bonds. The van der Waals surface area contributed by atoms with Crippen molar-refractivity contribution in [2.45, 2.75) is 6.92 Å². The van der Waals surface area contributed by atoms with Gasteiger partial charge < -0.3 is 20.7 Å². The van der Waals surface area contributed by atoms with Crippen molar-refractivity contribution in [3.8, 4) is 0 Å². The smallest absolute Gasteiger partial charge is 0.252 e. The summed E-state index contributed by atoms with van der Waals surface area (Å²) < 4.78 is 4.88. The SMILES string of the molecule is COCCNC(=O)c1ccc(Nc2ccc(NC(C)=O)cc2)nc1. The minimum atomic E-state index is -0.189. The van der Waals surface area contributed by atoms with Gasteiger partial charge in [0, 0.05) is 38.1 Å². The van der Waals surface area contributed by atoms with Gasteiger partial charge in [0.05, 0.1) is 12.2 Å². The minimum absolute atomic E-state index is 0.114. The van der Waals surface area contributed by atoms with Crippen LogP contribution < -0.4 is 16.0 Å². The topological polar surface area (TPSA) is 92.4 Å². The van der Waals surface area contributed by atoms with Crippen LogP contribution in [0.1, 0.15) is 17.3 Å². The first-order valence-corrected chi connectivity index (χ1v) is 7.46. The number of carbonyl (C=O) groups excluding carboxylic acids is 2. The Morgan fingerprint density at radius 2 is 1.79 bits per heavy atom. The second kappa shape index (κ2) is 8.64. The number of aromatic nitrogens is 1. The highest BCUT2D eigenvalue weighted by Gasteiger charge is 2.05. The Morgan fingerprint density at radius 3 is 2.38 bits per heavy atom. The third kappa shape index (κ3) is 5.36. The molecule has 0 aliphatic heterocycles. The standard InChI is InChI=1S/C17H20N4O3/c1-12(22)20-14-4-6-15(7-5-14)21-16-8-3-13(11-19-16)17(23)18-9-10-24-2/h3-8,11H,9-10H2,1-2H3,(H,18,23)(H,19,21)(H,20,22). The number of nitrogens with zero attached hydrogens (tertiary/aromatic N) is 1. The molecule has 24 heavy (non-hydrogen) atoms. The number of benzene rings is 1. The summed E-state index contributed by atoms with van der Waals surface area (Å²) in [5.41, 5.74) is 2.04. The molecule has 7 nitrogen and oxygen atoms in total. The number of nitrogens with one attached hydrogen (secondary N) is 3. The van der Waals surface area contributed by atoms with E-state index in [0.717, 1.165) is 11.4 Å². The van der Waals surface area contributed by atoms with Crippen LogP contribution in [-0.2, 0) is 9.53 Å². The van der Waals surface area contributed by atoms with Crippen LogP contribution >= 0.6 is 0 Å². The van der Waals surface area contributed by atoms with Gasteiger partial charge in [0.15, 0.2) is 0 Å². The van der Waals surface area contributed by atoms with E-state index in [4.69, 9.17) is 4.74 Å². The van der Waals surface area contributed by atoms with Gasteiger partial charge in [0.25, 0.3) is 5.91 Å². The van der Waals surface area contributed by atoms with Crippen LogP contribution in [-0.4, -0.2) is 37.1 Å². The zero-order valence-electron chi connectivity index (χ0n) is 13.6. The molecular formula is C17H20N4O3. The van der Waals surface area contributed by atoms with Gasteiger partial charge in [-0.25, -0.2) is 4.98 Å². The Labute approximate surface area is 140 Å². The van der Waals surface area contributed by atoms with Gasteiger partial charge in [-0.15, -0.1) is 0 Å². The summed E-state index contributed by atoms with van der Waals surface area (Å²) in [7, 11) is 1.58. The number of ether oxygens (including phenoxy) is 1. The van der Waals surface area contributed by atoms with Gasteiger partial charge in [-0.2, -0.15) is 0 Å². The van der Waals surface area contributed by atoms with Crippen molar-refractivity contribution in [3.63, 3.8) is 0 Å². The average Bonchev–Trinajstić information content (AvgIpc) is 2.57. The Morgan fingerprint density at radius 1 is 1.08 bits per heavy atom. The number of hydrogen-bond donors (Lipinski definition) is 3. The average molecular weight is 328 g/mol. The number of carbonyl (C=O) groups is 2. The summed E-state index contributed by atoms with van der Waals surface area (Å²) in [6, 6.07) is 10.7. The van der Waals surface area contributed by atoms with Crippen molar-refractivity contribution in [2.75, 3.05) is 30.9 Å². The summed E-state index contributed by atoms with van der Waals surface area (Å²) >= 11 is 0. The summed E-state index contributed by atoms with van der Waals surface area (Å²) in [5.74, 6) is 0.318. The fourth-order valence-corrected chi connectivity index (χ4v) is 1.96. The molecule has 1 aromatic heterocycles. The van der Waals surface area contributed by atoms with Crippen molar-refractivity contribution in [1.29, 1.82) is 0 Å². The first-order valence-electron chi connectivity index (χ1n) is 7.46. The van der Waals surface area contributed by atoms with E-state index in [2.05, 4.69) is 20.9 Å². The third-order valence-corrected chi connectivity index (χ3v) is 3.10. The van der Waals surface area contributed by atoms with E-state index in [9.17, 15) is 9.59 Å². The maximum Gasteiger partial charge on any atom is 0.252 e. The molecule has 0 spiro atoms. The summed E-state index contributed by atoms with van der Waals surface area (Å²) in [6.45, 7) is 2.38. The zero-order valence-corrected chi connectivity index (χ0v) is 13.6. The van der Waals surface area contributed by atoms with Gasteiger partial charge in [-0.05, 0) is 36.4 Å². The first-order chi connectivity index (χ1) is 11.6. The van der Waals surface area contributed by atoms with Crippen LogP contribution in [0.3, 0.4) is 0 Å². The van der Waals surface area contributed by atoms with Crippen molar-refractivity contribution >= 4 is 29.0 Å². The highest BCUT2D eigenvalue weighted by Crippen LogP contribution is 2.17. The predicted octanol–water partition coefficient (Wildman–Crippen LogP) is 2.16. The van der Waals surface area contributed by atoms with E-state index in [1.54, 1.807) is 31.4 Å². The quantitative estimate of drug-likeness (QED) is 0.677. The molecule has 0 atom stereocenters. The lowest BCUT2D eigenvalue weighted by molar-refractivity contribution is -0.114. The molecule has 2 aromatic rings. The highest BCUT2D eigenvalue weighted by atomic mass is 16.5. The molecule has 0 unspecified atom stereocenters. The third-order valence-electron chi connectivity index (χ3n) is 3.10. The molecule has 0 saturated heterocycles. The van der Waals surface area contributed by atoms with Crippen molar-refractivity contribution in [1.82, 2.24) is 10.3 Å². The predicted molar refractivity (Wildman–Crippen MR) is 92.5 cm³/mol. The Hall–Kier alpha value is -2.93. The summed E-state index contributed by atoms with van der Waals surface area (Å²) in [5, 5.41) is 8.56. The maximum absolute atomic E-state index is 11.9. The van der Waals surface area contributed by atoms with Gasteiger partial charge in [0.1, 0.15) is 5.82 Å². The van der Waals surface area contributed by atoms with Crippen LogP contribution in [0.15, 0.2) is 42.6 Å². The van der Waals surface area contributed by atoms with Crippen LogP contribution in [0, 0.1) is 0 Å². The number of anilines is 3. The van der Waals surface area contributed by atoms with E-state index < -0.39 is 0 Å². The Bertz CT molecular complexity index is 684. The molecule has 126 valence electrons. The van der Waals surface area contributed by atoms with Crippen LogP contribution in [0.5, 0.6) is 0 Å². The Kier molecular flexibility index (Phi) is 6.27. The molecule has 1 heterocycles. The summed E-state index contributed by atoms with van der Waals surface area (Å²) in [6.07, 6.45) is 1.51. The molecule has 0 saturated carbocycles. The monoisotopic (exact) mass is 328 g/mol. The van der Waals surface area contributed by atoms with Crippen molar-refractivity contribution < 1.29 is 14.3 Å².